The molecule has 0 amide bonds. The van der Waals surface area contributed by atoms with Gasteiger partial charge in [0.25, 0.3) is 5.56 Å². The Bertz CT molecular complexity index is 1320. The van der Waals surface area contributed by atoms with Gasteiger partial charge >= 0.3 is 0 Å². The van der Waals surface area contributed by atoms with Gasteiger partial charge in [-0.1, -0.05) is 29.3 Å². The summed E-state index contributed by atoms with van der Waals surface area (Å²) >= 11 is 14.0. The number of H-pyrrole nitrogens is 1. The van der Waals surface area contributed by atoms with Crippen LogP contribution in [0.1, 0.15) is 34.9 Å². The highest BCUT2D eigenvalue weighted by molar-refractivity contribution is 7.18. The summed E-state index contributed by atoms with van der Waals surface area (Å²) in [5.74, 6) is 1.77. The second-order valence-corrected chi connectivity index (χ2v) is 8.85. The van der Waals surface area contributed by atoms with Crippen LogP contribution in [0.4, 0.5) is 0 Å². The number of aromatic nitrogens is 2. The minimum absolute atomic E-state index is 0.0695. The molecule has 1 N–H and O–H groups in total. The Kier molecular flexibility index (Phi) is 4.82. The Morgan fingerprint density at radius 1 is 1.10 bits per heavy atom. The molecule has 3 heterocycles. The van der Waals surface area contributed by atoms with Gasteiger partial charge in [-0.25, -0.2) is 4.98 Å². The van der Waals surface area contributed by atoms with Crippen molar-refractivity contribution < 1.29 is 4.42 Å². The molecule has 0 aliphatic heterocycles. The van der Waals surface area contributed by atoms with E-state index >= 15 is 0 Å². The van der Waals surface area contributed by atoms with Crippen molar-refractivity contribution in [3.05, 3.63) is 72.8 Å². The third-order valence-corrected chi connectivity index (χ3v) is 7.10. The summed E-state index contributed by atoms with van der Waals surface area (Å²) in [6.45, 7) is 0. The van der Waals surface area contributed by atoms with Crippen LogP contribution in [0.2, 0.25) is 10.0 Å². The molecular weight excluding hydrogens is 427 g/mol. The van der Waals surface area contributed by atoms with Crippen molar-refractivity contribution in [1.29, 1.82) is 0 Å². The highest BCUT2D eigenvalue weighted by atomic mass is 35.5. The van der Waals surface area contributed by atoms with Gasteiger partial charge in [0.05, 0.1) is 15.4 Å². The highest BCUT2D eigenvalue weighted by Gasteiger charge is 2.19. The number of rotatable bonds is 3. The fourth-order valence-corrected chi connectivity index (χ4v) is 5.36. The van der Waals surface area contributed by atoms with E-state index in [0.29, 0.717) is 27.4 Å². The van der Waals surface area contributed by atoms with Crippen molar-refractivity contribution in [2.45, 2.75) is 25.7 Å². The number of nitrogens with zero attached hydrogens (tertiary/aromatic N) is 1. The molecule has 29 heavy (non-hydrogen) atoms. The average molecular weight is 443 g/mol. The molecule has 0 bridgehead atoms. The molecule has 0 fully saturated rings. The van der Waals surface area contributed by atoms with E-state index < -0.39 is 0 Å². The van der Waals surface area contributed by atoms with E-state index in [1.165, 1.54) is 16.9 Å². The van der Waals surface area contributed by atoms with Crippen LogP contribution in [-0.4, -0.2) is 9.97 Å². The number of furan rings is 1. The van der Waals surface area contributed by atoms with E-state index in [1.54, 1.807) is 29.6 Å². The number of hydrogen-bond donors (Lipinski definition) is 1. The van der Waals surface area contributed by atoms with Gasteiger partial charge in [-0.3, -0.25) is 4.79 Å². The van der Waals surface area contributed by atoms with Gasteiger partial charge in [-0.15, -0.1) is 11.3 Å². The van der Waals surface area contributed by atoms with Gasteiger partial charge in [0.1, 0.15) is 22.2 Å². The predicted octanol–water partition coefficient (Wildman–Crippen LogP) is 6.60. The monoisotopic (exact) mass is 442 g/mol. The number of halogens is 2. The topological polar surface area (TPSA) is 58.9 Å². The van der Waals surface area contributed by atoms with Gasteiger partial charge in [0.15, 0.2) is 0 Å². The summed E-state index contributed by atoms with van der Waals surface area (Å²) in [7, 11) is 0. The van der Waals surface area contributed by atoms with Crippen LogP contribution in [0.25, 0.3) is 33.7 Å². The first kappa shape index (κ1) is 18.7. The minimum Gasteiger partial charge on any atom is -0.457 e. The SMILES string of the molecule is O=c1[nH]c(C=Cc2ccc(-c3cccc(Cl)c3Cl)o2)nc2sc3c(c12)CCCC3. The quantitative estimate of drug-likeness (QED) is 0.388. The molecule has 3 aromatic heterocycles. The van der Waals surface area contributed by atoms with Crippen molar-refractivity contribution in [3.8, 4) is 11.3 Å². The normalized spacial score (nSPS) is 14.0. The summed E-state index contributed by atoms with van der Waals surface area (Å²) in [5, 5.41) is 1.70. The second-order valence-electron chi connectivity index (χ2n) is 6.98. The number of nitrogens with one attached hydrogen (secondary N) is 1. The first-order chi connectivity index (χ1) is 14.1. The Balaban J connectivity index is 1.46. The second kappa shape index (κ2) is 7.48. The van der Waals surface area contributed by atoms with Crippen molar-refractivity contribution in [1.82, 2.24) is 9.97 Å². The third kappa shape index (κ3) is 3.44. The number of aryl methyl sites for hydroxylation is 2. The van der Waals surface area contributed by atoms with Gasteiger partial charge in [0.2, 0.25) is 0 Å². The molecule has 0 spiro atoms. The zero-order valence-electron chi connectivity index (χ0n) is 15.3. The molecule has 4 aromatic rings. The number of fused-ring (bicyclic) bond motifs is 3. The first-order valence-corrected chi connectivity index (χ1v) is 10.9. The largest absolute Gasteiger partial charge is 0.457 e. The molecule has 0 saturated heterocycles. The Hall–Kier alpha value is -2.34. The molecule has 1 aliphatic rings. The molecule has 1 aliphatic carbocycles. The molecule has 5 rings (SSSR count). The molecular formula is C22H16Cl2N2O2S. The summed E-state index contributed by atoms with van der Waals surface area (Å²) < 4.78 is 5.86. The van der Waals surface area contributed by atoms with E-state index in [-0.39, 0.29) is 5.56 Å². The van der Waals surface area contributed by atoms with Crippen molar-refractivity contribution in [3.63, 3.8) is 0 Å². The molecule has 1 aromatic carbocycles. The van der Waals surface area contributed by atoms with E-state index in [4.69, 9.17) is 27.6 Å². The predicted molar refractivity (Wildman–Crippen MR) is 120 cm³/mol. The maximum Gasteiger partial charge on any atom is 0.260 e. The lowest BCUT2D eigenvalue weighted by atomic mass is 9.97. The van der Waals surface area contributed by atoms with Crippen LogP contribution in [0.5, 0.6) is 0 Å². The standard InChI is InChI=1S/C22H16Cl2N2O2S/c23-15-6-3-5-13(20(15)24)16-10-8-12(28-16)9-11-18-25-21(27)19-14-4-1-2-7-17(14)29-22(19)26-18/h3,5-6,8-11H,1-2,4,7H2,(H,25,26,27). The fourth-order valence-electron chi connectivity index (χ4n) is 3.70. The van der Waals surface area contributed by atoms with Crippen LogP contribution in [0.15, 0.2) is 39.5 Å². The van der Waals surface area contributed by atoms with Crippen molar-refractivity contribution >= 4 is 56.9 Å². The molecule has 146 valence electrons. The van der Waals surface area contributed by atoms with E-state index in [9.17, 15) is 4.79 Å². The Labute approximate surface area is 180 Å². The Morgan fingerprint density at radius 3 is 2.86 bits per heavy atom. The van der Waals surface area contributed by atoms with Gasteiger partial charge < -0.3 is 9.40 Å². The van der Waals surface area contributed by atoms with Gasteiger partial charge in [-0.05, 0) is 67.7 Å². The summed E-state index contributed by atoms with van der Waals surface area (Å²) in [5.41, 5.74) is 1.85. The first-order valence-electron chi connectivity index (χ1n) is 9.37. The maximum absolute atomic E-state index is 12.6. The Morgan fingerprint density at radius 2 is 1.97 bits per heavy atom. The number of aromatic amines is 1. The lowest BCUT2D eigenvalue weighted by Crippen LogP contribution is -2.11. The zero-order chi connectivity index (χ0) is 20.0. The zero-order valence-corrected chi connectivity index (χ0v) is 17.6. The van der Waals surface area contributed by atoms with Gasteiger partial charge in [-0.2, -0.15) is 0 Å². The fraction of sp³-hybridized carbons (Fsp3) is 0.182. The van der Waals surface area contributed by atoms with E-state index in [2.05, 4.69) is 9.97 Å². The van der Waals surface area contributed by atoms with Crippen molar-refractivity contribution in [2.75, 3.05) is 0 Å². The van der Waals surface area contributed by atoms with Crippen LogP contribution >= 0.6 is 34.5 Å². The molecule has 4 nitrogen and oxygen atoms in total. The maximum atomic E-state index is 12.6. The van der Waals surface area contributed by atoms with Gasteiger partial charge in [0, 0.05) is 10.4 Å². The minimum atomic E-state index is -0.0695. The number of thiophene rings is 1. The lowest BCUT2D eigenvalue weighted by Gasteiger charge is -2.09. The summed E-state index contributed by atoms with van der Waals surface area (Å²) in [4.78, 5) is 22.3. The third-order valence-electron chi connectivity index (χ3n) is 5.09. The molecule has 0 unspecified atom stereocenters. The summed E-state index contributed by atoms with van der Waals surface area (Å²) in [6.07, 6.45) is 7.86. The van der Waals surface area contributed by atoms with Crippen LogP contribution in [-0.2, 0) is 12.8 Å². The average Bonchev–Trinajstić information content (AvgIpc) is 3.33. The molecule has 0 atom stereocenters. The van der Waals surface area contributed by atoms with E-state index in [1.807, 2.05) is 24.3 Å². The van der Waals surface area contributed by atoms with Crippen LogP contribution in [0, 0.1) is 0 Å². The molecule has 0 saturated carbocycles. The van der Waals surface area contributed by atoms with E-state index in [0.717, 1.165) is 35.0 Å². The lowest BCUT2D eigenvalue weighted by molar-refractivity contribution is 0.572. The molecule has 0 radical (unpaired) electrons. The highest BCUT2D eigenvalue weighted by Crippen LogP contribution is 2.35. The smallest absolute Gasteiger partial charge is 0.260 e. The summed E-state index contributed by atoms with van der Waals surface area (Å²) in [6, 6.07) is 9.09. The molecule has 7 heteroatoms. The van der Waals surface area contributed by atoms with Crippen molar-refractivity contribution in [2.24, 2.45) is 0 Å². The number of benzene rings is 1. The van der Waals surface area contributed by atoms with Crippen LogP contribution in [0.3, 0.4) is 0 Å². The van der Waals surface area contributed by atoms with Crippen LogP contribution < -0.4 is 5.56 Å². The number of hydrogen-bond acceptors (Lipinski definition) is 4.